The number of amides is 1. The van der Waals surface area contributed by atoms with Gasteiger partial charge in [0.2, 0.25) is 5.97 Å². The second-order valence-electron chi connectivity index (χ2n) is 9.38. The Balaban J connectivity index is 1.62. The molecule has 0 saturated carbocycles. The Labute approximate surface area is 213 Å². The van der Waals surface area contributed by atoms with Gasteiger partial charge in [0, 0.05) is 30.4 Å². The van der Waals surface area contributed by atoms with Crippen molar-refractivity contribution in [3.63, 3.8) is 0 Å². The Hall–Kier alpha value is -3.86. The minimum absolute atomic E-state index is 0.00397. The third-order valence-corrected chi connectivity index (χ3v) is 6.81. The number of ether oxygens (including phenoxy) is 1. The molecule has 0 aliphatic carbocycles. The summed E-state index contributed by atoms with van der Waals surface area (Å²) in [5.41, 5.74) is 2.50. The highest BCUT2D eigenvalue weighted by Gasteiger charge is 2.31. The molecule has 0 radical (unpaired) electrons. The Morgan fingerprint density at radius 1 is 1.27 bits per heavy atom. The van der Waals surface area contributed by atoms with Gasteiger partial charge in [-0.25, -0.2) is 9.37 Å². The monoisotopic (exact) mass is 509 g/mol. The van der Waals surface area contributed by atoms with Gasteiger partial charge in [0.1, 0.15) is 17.5 Å². The zero-order valence-corrected chi connectivity index (χ0v) is 20.7. The number of H-pyrrole nitrogens is 1. The van der Waals surface area contributed by atoms with Gasteiger partial charge in [0.25, 0.3) is 5.91 Å². The lowest BCUT2D eigenvalue weighted by Gasteiger charge is -2.35. The quantitative estimate of drug-likeness (QED) is 0.422. The third kappa shape index (κ3) is 4.91. The van der Waals surface area contributed by atoms with Crippen molar-refractivity contribution in [1.29, 1.82) is 5.41 Å². The number of carbonyl (C=O) groups is 1. The summed E-state index contributed by atoms with van der Waals surface area (Å²) in [4.78, 5) is 20.7. The molecule has 194 valence electrons. The number of aromatic amines is 1. The predicted octanol–water partition coefficient (Wildman–Crippen LogP) is 4.51. The van der Waals surface area contributed by atoms with Crippen LogP contribution in [0.25, 0.3) is 11.1 Å². The smallest absolute Gasteiger partial charge is 0.261 e. The Morgan fingerprint density at radius 2 is 2.11 bits per heavy atom. The number of rotatable bonds is 6. The van der Waals surface area contributed by atoms with Crippen molar-refractivity contribution in [2.45, 2.75) is 38.9 Å². The fourth-order valence-corrected chi connectivity index (χ4v) is 4.94. The molecule has 2 fully saturated rings. The number of anilines is 4. The van der Waals surface area contributed by atoms with Gasteiger partial charge in [-0.2, -0.15) is 9.49 Å². The number of morpholine rings is 1. The van der Waals surface area contributed by atoms with Gasteiger partial charge in [-0.15, -0.1) is 0 Å². The first-order chi connectivity index (χ1) is 17.8. The number of aromatic nitrogens is 3. The summed E-state index contributed by atoms with van der Waals surface area (Å²) >= 11 is 0. The van der Waals surface area contributed by atoms with E-state index in [1.54, 1.807) is 30.5 Å². The molecule has 37 heavy (non-hydrogen) atoms. The normalized spacial score (nSPS) is 20.3. The molecule has 2 saturated heterocycles. The average molecular weight is 510 g/mol. The van der Waals surface area contributed by atoms with Crippen molar-refractivity contribution >= 4 is 35.0 Å². The summed E-state index contributed by atoms with van der Waals surface area (Å²) in [6.07, 6.45) is 0.885. The van der Waals surface area contributed by atoms with E-state index in [0.717, 1.165) is 5.56 Å². The SMILES string of the molecule is Cc1cc(-c2cc(N3CCOC[C@H]3C)nc(Nc3ccn[nH]3)c2C(=N)F)ccc1N1CCCC(F)C1=O. The summed E-state index contributed by atoms with van der Waals surface area (Å²) in [6, 6.07) is 8.87. The zero-order chi connectivity index (χ0) is 26.1. The molecule has 0 spiro atoms. The van der Waals surface area contributed by atoms with Gasteiger partial charge in [-0.1, -0.05) is 6.07 Å². The average Bonchev–Trinajstić information content (AvgIpc) is 3.39. The number of halogens is 2. The van der Waals surface area contributed by atoms with Crippen molar-refractivity contribution < 1.29 is 18.3 Å². The molecule has 2 aromatic heterocycles. The van der Waals surface area contributed by atoms with E-state index in [1.165, 1.54) is 4.90 Å². The van der Waals surface area contributed by atoms with E-state index >= 15 is 0 Å². The summed E-state index contributed by atoms with van der Waals surface area (Å²) in [7, 11) is 0. The maximum absolute atomic E-state index is 14.8. The molecule has 4 heterocycles. The van der Waals surface area contributed by atoms with Crippen LogP contribution in [0.4, 0.5) is 31.9 Å². The van der Waals surface area contributed by atoms with Gasteiger partial charge < -0.3 is 19.9 Å². The predicted molar refractivity (Wildman–Crippen MR) is 138 cm³/mol. The van der Waals surface area contributed by atoms with Gasteiger partial charge in [-0.3, -0.25) is 15.3 Å². The van der Waals surface area contributed by atoms with Crippen molar-refractivity contribution in [3.05, 3.63) is 47.7 Å². The molecule has 11 heteroatoms. The van der Waals surface area contributed by atoms with E-state index in [-0.39, 0.29) is 23.8 Å². The molecule has 3 aromatic rings. The van der Waals surface area contributed by atoms with Crippen LogP contribution in [0.15, 0.2) is 36.5 Å². The van der Waals surface area contributed by atoms with Crippen LogP contribution in [-0.2, 0) is 9.53 Å². The lowest BCUT2D eigenvalue weighted by atomic mass is 9.96. The first-order valence-corrected chi connectivity index (χ1v) is 12.3. The third-order valence-electron chi connectivity index (χ3n) is 6.81. The van der Waals surface area contributed by atoms with Gasteiger partial charge >= 0.3 is 0 Å². The van der Waals surface area contributed by atoms with Gasteiger partial charge in [-0.05, 0) is 56.0 Å². The van der Waals surface area contributed by atoms with Crippen LogP contribution in [0.5, 0.6) is 0 Å². The highest BCUT2D eigenvalue weighted by molar-refractivity contribution is 6.04. The van der Waals surface area contributed by atoms with Crippen LogP contribution in [-0.4, -0.2) is 65.6 Å². The summed E-state index contributed by atoms with van der Waals surface area (Å²) in [5, 5.41) is 17.7. The number of nitrogens with zero attached hydrogens (tertiary/aromatic N) is 4. The van der Waals surface area contributed by atoms with Crippen LogP contribution in [0.3, 0.4) is 0 Å². The second kappa shape index (κ2) is 10.3. The zero-order valence-electron chi connectivity index (χ0n) is 20.7. The van der Waals surface area contributed by atoms with Crippen molar-refractivity contribution in [2.75, 3.05) is 41.4 Å². The Morgan fingerprint density at radius 3 is 2.81 bits per heavy atom. The Kier molecular flexibility index (Phi) is 6.88. The molecule has 1 aromatic carbocycles. The first kappa shape index (κ1) is 24.8. The molecular weight excluding hydrogens is 480 g/mol. The molecule has 5 rings (SSSR count). The van der Waals surface area contributed by atoms with Crippen LogP contribution >= 0.6 is 0 Å². The second-order valence-corrected chi connectivity index (χ2v) is 9.38. The molecule has 1 unspecified atom stereocenters. The minimum atomic E-state index is -1.50. The fraction of sp³-hybridized carbons (Fsp3) is 0.385. The molecule has 2 aliphatic heterocycles. The first-order valence-electron chi connectivity index (χ1n) is 12.3. The fourth-order valence-electron chi connectivity index (χ4n) is 4.94. The topological polar surface area (TPSA) is 110 Å². The van der Waals surface area contributed by atoms with E-state index in [2.05, 4.69) is 20.4 Å². The molecule has 0 bridgehead atoms. The maximum atomic E-state index is 14.8. The number of nitrogens with one attached hydrogen (secondary N) is 3. The Bertz CT molecular complexity index is 1310. The van der Waals surface area contributed by atoms with E-state index in [9.17, 15) is 13.6 Å². The lowest BCUT2D eigenvalue weighted by molar-refractivity contribution is -0.124. The van der Waals surface area contributed by atoms with Crippen LogP contribution in [0.1, 0.15) is 30.9 Å². The summed E-state index contributed by atoms with van der Waals surface area (Å²) < 4.78 is 34.5. The highest BCUT2D eigenvalue weighted by Crippen LogP contribution is 2.37. The number of hydrogen-bond donors (Lipinski definition) is 3. The number of aryl methyl sites for hydroxylation is 1. The van der Waals surface area contributed by atoms with E-state index in [0.29, 0.717) is 61.2 Å². The molecule has 1 amide bonds. The number of benzene rings is 1. The standard InChI is InChI=1S/C26H29F2N7O2/c1-15-12-17(5-6-20(15)35-9-3-4-19(27)26(35)36)18-13-22(34-10-11-37-14-16(34)2)32-25(23(18)24(28)29)31-21-7-8-30-33-21/h5-8,12-13,16,19,29H,3-4,9-11,14H2,1-2H3,(H2,30,31,32,33)/t16-,19?/m1/s1. The largest absolute Gasteiger partial charge is 0.377 e. The lowest BCUT2D eigenvalue weighted by Crippen LogP contribution is -2.44. The molecular formula is C26H29F2N7O2. The molecule has 2 atom stereocenters. The van der Waals surface area contributed by atoms with Gasteiger partial charge in [0.05, 0.1) is 31.0 Å². The molecule has 9 nitrogen and oxygen atoms in total. The minimum Gasteiger partial charge on any atom is -0.377 e. The van der Waals surface area contributed by atoms with Crippen molar-refractivity contribution in [3.8, 4) is 11.1 Å². The van der Waals surface area contributed by atoms with Crippen molar-refractivity contribution in [1.82, 2.24) is 15.2 Å². The summed E-state index contributed by atoms with van der Waals surface area (Å²) in [5.74, 6) is -0.377. The number of hydrogen-bond acceptors (Lipinski definition) is 7. The van der Waals surface area contributed by atoms with Crippen LogP contribution in [0.2, 0.25) is 0 Å². The van der Waals surface area contributed by atoms with Crippen LogP contribution in [0, 0.1) is 12.3 Å². The van der Waals surface area contributed by atoms with E-state index in [1.807, 2.05) is 19.9 Å². The molecule has 2 aliphatic rings. The number of carbonyl (C=O) groups excluding carboxylic acids is 1. The number of pyridine rings is 1. The molecule has 3 N–H and O–H groups in total. The highest BCUT2D eigenvalue weighted by atomic mass is 19.1. The maximum Gasteiger partial charge on any atom is 0.261 e. The van der Waals surface area contributed by atoms with Crippen LogP contribution < -0.4 is 15.1 Å². The van der Waals surface area contributed by atoms with E-state index < -0.39 is 18.0 Å². The van der Waals surface area contributed by atoms with Gasteiger partial charge in [0.15, 0.2) is 6.17 Å². The summed E-state index contributed by atoms with van der Waals surface area (Å²) in [6.45, 7) is 6.01. The van der Waals surface area contributed by atoms with E-state index in [4.69, 9.17) is 15.1 Å². The number of piperidine rings is 1. The number of alkyl halides is 1. The van der Waals surface area contributed by atoms with Crippen molar-refractivity contribution in [2.24, 2.45) is 0 Å².